The molecule has 0 aromatic heterocycles. The lowest BCUT2D eigenvalue weighted by molar-refractivity contribution is -0.138. The van der Waals surface area contributed by atoms with Gasteiger partial charge in [0.2, 0.25) is 0 Å². The number of methoxy groups -OCH3 is 2. The molecular weight excluding hydrogens is 188 g/mol. The molecule has 6 nitrogen and oxygen atoms in total. The number of carbonyl (C=O) groups is 2. The zero-order chi connectivity index (χ0) is 11.1. The Morgan fingerprint density at radius 1 is 0.929 bits per heavy atom. The third-order valence-corrected chi connectivity index (χ3v) is 1.25. The maximum absolute atomic E-state index is 10.9. The van der Waals surface area contributed by atoms with Crippen LogP contribution in [0.4, 0.5) is 0 Å². The Kier molecular flexibility index (Phi) is 4.44. The molecule has 0 N–H and O–H groups in total. The van der Waals surface area contributed by atoms with Gasteiger partial charge in [-0.25, -0.2) is 9.59 Å². The summed E-state index contributed by atoms with van der Waals surface area (Å²) in [6.45, 7) is 0. The van der Waals surface area contributed by atoms with Crippen LogP contribution in [-0.2, 0) is 19.1 Å². The predicted octanol–water partition coefficient (Wildman–Crippen LogP) is -0.324. The topological polar surface area (TPSA) is 100 Å². The van der Waals surface area contributed by atoms with Crippen molar-refractivity contribution in [2.24, 2.45) is 0 Å². The number of hydrogen-bond donors (Lipinski definition) is 0. The fourth-order valence-electron chi connectivity index (χ4n) is 0.611. The summed E-state index contributed by atoms with van der Waals surface area (Å²) in [4.78, 5) is 21.8. The summed E-state index contributed by atoms with van der Waals surface area (Å²) in [5.74, 6) is -2.09. The molecule has 0 aromatic rings. The second-order valence-electron chi connectivity index (χ2n) is 1.96. The summed E-state index contributed by atoms with van der Waals surface area (Å²) in [6.07, 6.45) is 0. The molecule has 0 unspecified atom stereocenters. The number of ether oxygens (including phenoxy) is 2. The molecule has 0 heterocycles. The van der Waals surface area contributed by atoms with Crippen molar-refractivity contribution in [3.8, 4) is 12.1 Å². The zero-order valence-corrected chi connectivity index (χ0v) is 7.53. The van der Waals surface area contributed by atoms with E-state index in [1.54, 1.807) is 0 Å². The summed E-state index contributed by atoms with van der Waals surface area (Å²) in [6, 6.07) is 2.80. The van der Waals surface area contributed by atoms with E-state index in [-0.39, 0.29) is 0 Å². The first-order valence-electron chi connectivity index (χ1n) is 3.33. The molecule has 0 fully saturated rings. The zero-order valence-electron chi connectivity index (χ0n) is 7.53. The molecule has 0 aliphatic heterocycles. The van der Waals surface area contributed by atoms with Crippen LogP contribution in [0.3, 0.4) is 0 Å². The van der Waals surface area contributed by atoms with Gasteiger partial charge in [0.15, 0.2) is 11.1 Å². The Hall–Kier alpha value is -2.34. The first kappa shape index (κ1) is 11.7. The average molecular weight is 194 g/mol. The Bertz CT molecular complexity index is 334. The molecule has 0 amide bonds. The highest BCUT2D eigenvalue weighted by Gasteiger charge is 2.22. The van der Waals surface area contributed by atoms with Gasteiger partial charge in [-0.3, -0.25) is 0 Å². The Balaban J connectivity index is 5.40. The van der Waals surface area contributed by atoms with Gasteiger partial charge < -0.3 is 9.47 Å². The van der Waals surface area contributed by atoms with E-state index in [0.29, 0.717) is 0 Å². The van der Waals surface area contributed by atoms with Crippen LogP contribution in [0.2, 0.25) is 0 Å². The average Bonchev–Trinajstić information content (AvgIpc) is 2.23. The third-order valence-electron chi connectivity index (χ3n) is 1.25. The molecule has 0 atom stereocenters. The minimum absolute atomic E-state index is 0.665. The number of nitrogens with zero attached hydrogens (tertiary/aromatic N) is 2. The summed E-state index contributed by atoms with van der Waals surface area (Å²) < 4.78 is 8.41. The SMILES string of the molecule is COC(=O)/C(C#N)=C(/C#N)C(=O)OC. The van der Waals surface area contributed by atoms with Gasteiger partial charge in [-0.05, 0) is 0 Å². The molecular formula is C8H6N2O4. The second-order valence-corrected chi connectivity index (χ2v) is 1.96. The third kappa shape index (κ3) is 2.32. The van der Waals surface area contributed by atoms with Crippen molar-refractivity contribution in [1.82, 2.24) is 0 Å². The molecule has 72 valence electrons. The number of nitriles is 2. The molecule has 0 bridgehead atoms. The highest BCUT2D eigenvalue weighted by molar-refractivity contribution is 6.05. The molecule has 0 spiro atoms. The van der Waals surface area contributed by atoms with Crippen molar-refractivity contribution in [3.63, 3.8) is 0 Å². The quantitative estimate of drug-likeness (QED) is 0.339. The van der Waals surface area contributed by atoms with Crippen molar-refractivity contribution in [1.29, 1.82) is 10.5 Å². The standard InChI is InChI=1S/C8H6N2O4/c1-13-7(11)5(3-9)6(4-10)8(12)14-2/h1-2H3/b6-5-. The van der Waals surface area contributed by atoms with Crippen molar-refractivity contribution < 1.29 is 19.1 Å². The van der Waals surface area contributed by atoms with Crippen LogP contribution in [0.1, 0.15) is 0 Å². The van der Waals surface area contributed by atoms with Crippen LogP contribution < -0.4 is 0 Å². The Morgan fingerprint density at radius 3 is 1.36 bits per heavy atom. The Morgan fingerprint density at radius 2 is 1.21 bits per heavy atom. The second kappa shape index (κ2) is 5.33. The number of rotatable bonds is 2. The largest absolute Gasteiger partial charge is 0.465 e. The van der Waals surface area contributed by atoms with E-state index in [1.807, 2.05) is 0 Å². The first-order chi connectivity index (χ1) is 6.62. The van der Waals surface area contributed by atoms with E-state index < -0.39 is 23.1 Å². The van der Waals surface area contributed by atoms with E-state index in [0.717, 1.165) is 14.2 Å². The van der Waals surface area contributed by atoms with Crippen molar-refractivity contribution in [3.05, 3.63) is 11.1 Å². The van der Waals surface area contributed by atoms with Gasteiger partial charge in [-0.1, -0.05) is 0 Å². The predicted molar refractivity (Wildman–Crippen MR) is 42.3 cm³/mol. The van der Waals surface area contributed by atoms with Gasteiger partial charge in [0.25, 0.3) is 0 Å². The van der Waals surface area contributed by atoms with Gasteiger partial charge in [-0.15, -0.1) is 0 Å². The minimum atomic E-state index is -1.05. The van der Waals surface area contributed by atoms with E-state index in [9.17, 15) is 9.59 Å². The van der Waals surface area contributed by atoms with Gasteiger partial charge in [0.05, 0.1) is 14.2 Å². The van der Waals surface area contributed by atoms with Gasteiger partial charge in [0.1, 0.15) is 12.1 Å². The van der Waals surface area contributed by atoms with Crippen LogP contribution in [0, 0.1) is 22.7 Å². The highest BCUT2D eigenvalue weighted by atomic mass is 16.5. The number of hydrogen-bond acceptors (Lipinski definition) is 6. The smallest absolute Gasteiger partial charge is 0.350 e. The molecule has 0 aliphatic carbocycles. The van der Waals surface area contributed by atoms with Gasteiger partial charge in [-0.2, -0.15) is 10.5 Å². The highest BCUT2D eigenvalue weighted by Crippen LogP contribution is 2.06. The fraction of sp³-hybridized carbons (Fsp3) is 0.250. The molecule has 0 aliphatic rings. The Labute approximate surface area is 79.9 Å². The summed E-state index contributed by atoms with van der Waals surface area (Å²) >= 11 is 0. The van der Waals surface area contributed by atoms with E-state index in [2.05, 4.69) is 9.47 Å². The molecule has 0 saturated heterocycles. The molecule has 14 heavy (non-hydrogen) atoms. The van der Waals surface area contributed by atoms with Crippen LogP contribution in [0.25, 0.3) is 0 Å². The van der Waals surface area contributed by atoms with E-state index >= 15 is 0 Å². The van der Waals surface area contributed by atoms with E-state index in [4.69, 9.17) is 10.5 Å². The fourth-order valence-corrected chi connectivity index (χ4v) is 0.611. The summed E-state index contributed by atoms with van der Waals surface area (Å²) in [7, 11) is 2.07. The molecule has 0 aromatic carbocycles. The lowest BCUT2D eigenvalue weighted by atomic mass is 10.1. The molecule has 0 rings (SSSR count). The molecule has 6 heteroatoms. The number of esters is 2. The summed E-state index contributed by atoms with van der Waals surface area (Å²) in [5.41, 5.74) is -1.33. The lowest BCUT2D eigenvalue weighted by Crippen LogP contribution is -2.12. The molecule has 0 saturated carbocycles. The normalized spacial score (nSPS) is 10.3. The van der Waals surface area contributed by atoms with Crippen molar-refractivity contribution >= 4 is 11.9 Å². The van der Waals surface area contributed by atoms with Crippen LogP contribution in [0.5, 0.6) is 0 Å². The maximum atomic E-state index is 10.9. The number of carbonyl (C=O) groups excluding carboxylic acids is 2. The monoisotopic (exact) mass is 194 g/mol. The van der Waals surface area contributed by atoms with Crippen LogP contribution >= 0.6 is 0 Å². The minimum Gasteiger partial charge on any atom is -0.465 e. The van der Waals surface area contributed by atoms with Crippen molar-refractivity contribution in [2.45, 2.75) is 0 Å². The maximum Gasteiger partial charge on any atom is 0.350 e. The van der Waals surface area contributed by atoms with Crippen LogP contribution in [0.15, 0.2) is 11.1 Å². The lowest BCUT2D eigenvalue weighted by Gasteiger charge is -1.99. The summed E-state index contributed by atoms with van der Waals surface area (Å²) in [5, 5.41) is 17.0. The first-order valence-corrected chi connectivity index (χ1v) is 3.33. The van der Waals surface area contributed by atoms with Crippen molar-refractivity contribution in [2.75, 3.05) is 14.2 Å². The van der Waals surface area contributed by atoms with Gasteiger partial charge >= 0.3 is 11.9 Å². The van der Waals surface area contributed by atoms with Gasteiger partial charge in [0, 0.05) is 0 Å². The van der Waals surface area contributed by atoms with Crippen LogP contribution in [-0.4, -0.2) is 26.2 Å². The molecule has 0 radical (unpaired) electrons. The van der Waals surface area contributed by atoms with E-state index in [1.165, 1.54) is 12.1 Å².